The summed E-state index contributed by atoms with van der Waals surface area (Å²) in [5.41, 5.74) is 2.56. The van der Waals surface area contributed by atoms with Crippen molar-refractivity contribution in [3.63, 3.8) is 0 Å². The first-order valence-electron chi connectivity index (χ1n) is 12.7. The van der Waals surface area contributed by atoms with E-state index in [-0.39, 0.29) is 36.5 Å². The van der Waals surface area contributed by atoms with Crippen LogP contribution in [0.15, 0.2) is 48.5 Å². The molecule has 0 radical (unpaired) electrons. The Morgan fingerprint density at radius 2 is 1.25 bits per heavy atom. The second-order valence-corrected chi connectivity index (χ2v) is 11.5. The Morgan fingerprint density at radius 1 is 0.775 bits per heavy atom. The normalized spacial score (nSPS) is 16.4. The van der Waals surface area contributed by atoms with E-state index < -0.39 is 0 Å². The first-order chi connectivity index (χ1) is 19.5. The molecule has 2 amide bonds. The zero-order valence-electron chi connectivity index (χ0n) is 21.3. The van der Waals surface area contributed by atoms with Gasteiger partial charge >= 0.3 is 0 Å². The Bertz CT molecular complexity index is 1500. The molecule has 1 fully saturated rings. The SMILES string of the molecule is N#Cc1cccc(CC(=O)Nc2nnc([C@@H]3CCC[C@@H](c4nnc(NC(=O)Cc5cccc(C#N)c5)s4)C3)s2)c1. The second kappa shape index (κ2) is 12.6. The van der Waals surface area contributed by atoms with Crippen molar-refractivity contribution in [2.45, 2.75) is 50.4 Å². The maximum Gasteiger partial charge on any atom is 0.230 e. The van der Waals surface area contributed by atoms with E-state index in [9.17, 15) is 9.59 Å². The van der Waals surface area contributed by atoms with Crippen molar-refractivity contribution in [2.24, 2.45) is 0 Å². The molecule has 1 aliphatic rings. The molecule has 2 atom stereocenters. The average molecular weight is 569 g/mol. The Hall–Kier alpha value is -4.52. The molecule has 0 aliphatic heterocycles. The Kier molecular flexibility index (Phi) is 8.50. The van der Waals surface area contributed by atoms with Gasteiger partial charge in [0, 0.05) is 11.8 Å². The lowest BCUT2D eigenvalue weighted by molar-refractivity contribution is -0.116. The molecule has 2 aromatic heterocycles. The maximum absolute atomic E-state index is 12.5. The molecule has 5 rings (SSSR count). The number of anilines is 2. The number of amides is 2. The van der Waals surface area contributed by atoms with Crippen molar-refractivity contribution in [3.8, 4) is 12.1 Å². The van der Waals surface area contributed by atoms with Gasteiger partial charge in [-0.15, -0.1) is 20.4 Å². The second-order valence-electron chi connectivity index (χ2n) is 9.53. The van der Waals surface area contributed by atoms with Gasteiger partial charge in [-0.1, -0.05) is 53.4 Å². The molecule has 40 heavy (non-hydrogen) atoms. The molecular weight excluding hydrogens is 544 g/mol. The van der Waals surface area contributed by atoms with E-state index in [0.29, 0.717) is 21.4 Å². The fourth-order valence-corrected chi connectivity index (χ4v) is 6.55. The third-order valence-corrected chi connectivity index (χ3v) is 8.59. The monoisotopic (exact) mass is 568 g/mol. The Labute approximate surface area is 238 Å². The summed E-state index contributed by atoms with van der Waals surface area (Å²) in [5, 5.41) is 43.5. The van der Waals surface area contributed by atoms with Crippen molar-refractivity contribution >= 4 is 44.8 Å². The largest absolute Gasteiger partial charge is 0.300 e. The summed E-state index contributed by atoms with van der Waals surface area (Å²) in [6.07, 6.45) is 4.10. The Morgan fingerprint density at radius 3 is 1.70 bits per heavy atom. The van der Waals surface area contributed by atoms with E-state index in [0.717, 1.165) is 46.8 Å². The molecule has 10 nitrogen and oxygen atoms in total. The highest BCUT2D eigenvalue weighted by molar-refractivity contribution is 7.15. The van der Waals surface area contributed by atoms with Crippen LogP contribution in [0.2, 0.25) is 0 Å². The molecule has 200 valence electrons. The number of aromatic nitrogens is 4. The van der Waals surface area contributed by atoms with Crippen LogP contribution in [0.5, 0.6) is 0 Å². The van der Waals surface area contributed by atoms with Crippen molar-refractivity contribution in [2.75, 3.05) is 10.6 Å². The fraction of sp³-hybridized carbons (Fsp3) is 0.286. The number of hydrogen-bond acceptors (Lipinski definition) is 10. The first kappa shape index (κ1) is 27.1. The molecule has 0 spiro atoms. The van der Waals surface area contributed by atoms with Crippen molar-refractivity contribution in [1.82, 2.24) is 20.4 Å². The van der Waals surface area contributed by atoms with E-state index in [1.807, 2.05) is 12.1 Å². The van der Waals surface area contributed by atoms with Crippen LogP contribution >= 0.6 is 22.7 Å². The molecule has 12 heteroatoms. The van der Waals surface area contributed by atoms with Crippen LogP contribution in [0.1, 0.15) is 69.8 Å². The van der Waals surface area contributed by atoms with E-state index in [1.165, 1.54) is 22.7 Å². The number of rotatable bonds is 8. The van der Waals surface area contributed by atoms with E-state index in [1.54, 1.807) is 36.4 Å². The molecule has 2 N–H and O–H groups in total. The van der Waals surface area contributed by atoms with E-state index in [4.69, 9.17) is 10.5 Å². The zero-order chi connectivity index (χ0) is 27.9. The average Bonchev–Trinajstić information content (AvgIpc) is 3.63. The number of nitrogens with zero attached hydrogens (tertiary/aromatic N) is 6. The number of nitrogens with one attached hydrogen (secondary N) is 2. The summed E-state index contributed by atoms with van der Waals surface area (Å²) in [7, 11) is 0. The molecule has 0 saturated heterocycles. The Balaban J connectivity index is 1.15. The standard InChI is InChI=1S/C28H24N8O2S2/c29-15-19-6-1-4-17(10-19)12-23(37)31-27-35-33-25(39-27)21-8-3-9-22(14-21)26-34-36-28(40-26)32-24(38)13-18-5-2-7-20(11-18)16-30/h1-2,4-7,10-11,21-22H,3,8-9,12-14H2,(H,31,35,37)(H,32,36,38)/t21-,22-/m1/s1. The number of benzene rings is 2. The minimum atomic E-state index is -0.208. The van der Waals surface area contributed by atoms with Gasteiger partial charge in [0.1, 0.15) is 10.0 Å². The van der Waals surface area contributed by atoms with Gasteiger partial charge in [-0.2, -0.15) is 10.5 Å². The highest BCUT2D eigenvalue weighted by Gasteiger charge is 2.29. The number of nitriles is 2. The minimum absolute atomic E-state index is 0.151. The lowest BCUT2D eigenvalue weighted by Crippen LogP contribution is -2.14. The van der Waals surface area contributed by atoms with Gasteiger partial charge in [-0.05, 0) is 54.7 Å². The van der Waals surface area contributed by atoms with Crippen LogP contribution in [0.4, 0.5) is 10.3 Å². The third-order valence-electron chi connectivity index (χ3n) is 6.59. The van der Waals surface area contributed by atoms with Crippen LogP contribution in [0.3, 0.4) is 0 Å². The molecule has 0 unspecified atom stereocenters. The van der Waals surface area contributed by atoms with Crippen molar-refractivity contribution in [1.29, 1.82) is 10.5 Å². The number of hydrogen-bond donors (Lipinski definition) is 2. The van der Waals surface area contributed by atoms with Crippen molar-refractivity contribution in [3.05, 3.63) is 80.8 Å². The van der Waals surface area contributed by atoms with Crippen molar-refractivity contribution < 1.29 is 9.59 Å². The lowest BCUT2D eigenvalue weighted by atomic mass is 9.82. The highest BCUT2D eigenvalue weighted by atomic mass is 32.1. The predicted octanol–water partition coefficient (Wildman–Crippen LogP) is 4.94. The lowest BCUT2D eigenvalue weighted by Gasteiger charge is -2.25. The number of carbonyl (C=O) groups excluding carboxylic acids is 2. The smallest absolute Gasteiger partial charge is 0.230 e. The van der Waals surface area contributed by atoms with Gasteiger partial charge in [0.05, 0.1) is 36.1 Å². The van der Waals surface area contributed by atoms with Gasteiger partial charge < -0.3 is 10.6 Å². The molecule has 4 aromatic rings. The molecule has 2 heterocycles. The zero-order valence-corrected chi connectivity index (χ0v) is 23.0. The predicted molar refractivity (Wildman–Crippen MR) is 151 cm³/mol. The quantitative estimate of drug-likeness (QED) is 0.303. The highest BCUT2D eigenvalue weighted by Crippen LogP contribution is 2.43. The van der Waals surface area contributed by atoms with Gasteiger partial charge in [0.15, 0.2) is 0 Å². The van der Waals surface area contributed by atoms with Crippen LogP contribution in [0.25, 0.3) is 0 Å². The van der Waals surface area contributed by atoms with Crippen LogP contribution in [-0.2, 0) is 22.4 Å². The maximum atomic E-state index is 12.5. The molecular formula is C28H24N8O2S2. The summed E-state index contributed by atoms with van der Waals surface area (Å²) in [4.78, 5) is 25.0. The minimum Gasteiger partial charge on any atom is -0.300 e. The van der Waals surface area contributed by atoms with Gasteiger partial charge in [-0.3, -0.25) is 9.59 Å². The third kappa shape index (κ3) is 6.91. The van der Waals surface area contributed by atoms with Gasteiger partial charge in [0.2, 0.25) is 22.1 Å². The molecule has 1 aliphatic carbocycles. The van der Waals surface area contributed by atoms with Crippen LogP contribution in [0, 0.1) is 22.7 Å². The summed E-state index contributed by atoms with van der Waals surface area (Å²) in [6.45, 7) is 0. The van der Waals surface area contributed by atoms with Gasteiger partial charge in [0.25, 0.3) is 0 Å². The van der Waals surface area contributed by atoms with Crippen LogP contribution < -0.4 is 10.6 Å². The summed E-state index contributed by atoms with van der Waals surface area (Å²) >= 11 is 2.77. The first-order valence-corrected chi connectivity index (χ1v) is 14.4. The summed E-state index contributed by atoms with van der Waals surface area (Å²) in [5.74, 6) is -0.0202. The van der Waals surface area contributed by atoms with Gasteiger partial charge in [-0.25, -0.2) is 0 Å². The van der Waals surface area contributed by atoms with E-state index >= 15 is 0 Å². The molecule has 0 bridgehead atoms. The molecule has 1 saturated carbocycles. The summed E-state index contributed by atoms with van der Waals surface area (Å²) < 4.78 is 0. The van der Waals surface area contributed by atoms with Crippen LogP contribution in [-0.4, -0.2) is 32.2 Å². The molecule has 2 aromatic carbocycles. The summed E-state index contributed by atoms with van der Waals surface area (Å²) in [6, 6.07) is 18.1. The fourth-order valence-electron chi connectivity index (χ4n) is 4.74. The topological polar surface area (TPSA) is 157 Å². The number of carbonyl (C=O) groups is 2. The van der Waals surface area contributed by atoms with E-state index in [2.05, 4.69) is 43.2 Å².